The molecule has 32 heteroatoms. The standard InChI is InChI=1S/C62H98N14O18/c77-51(63-21-9-8-12-48(58(90)91)64-62(94)65-49(59(92)93)19-20-53(80)81)13-7-5-3-1-2-4-6-10-22-69-28-33-74(34-29-69)60-66-50(67-61(68-60)75-35-30-70(31-36-75)23-11-14-52(78)79)39-46-17-15-45(16-18-46)38-47-40-73(43-56(86)87)27-26-71(41-54(82)83)24-25-72(42-55(84)85)32-37-76(47)44-57(88)89/h15-18,47-49H,1-14,19-44H2,(H,63,77)(H,78,79)(H,80,81)(H,82,83)(H,84,85)(H,86,87)(H,88,89)(H,90,91)(H,92,93)(H2,64,65,94)/t47?,48-,49-/m0/s1. The number of aliphatic carboxylic acids is 8. The molecule has 0 radical (unpaired) electrons. The third kappa shape index (κ3) is 30.9. The third-order valence-corrected chi connectivity index (χ3v) is 17.0. The second-order valence-electron chi connectivity index (χ2n) is 24.4. The highest BCUT2D eigenvalue weighted by Gasteiger charge is 2.30. The molecule has 0 aliphatic carbocycles. The Kier molecular flexibility index (Phi) is 34.1. The fraction of sp³-hybridized carbons (Fsp3) is 0.694. The number of carboxylic acid groups (broad SMARTS) is 8. The van der Waals surface area contributed by atoms with Crippen molar-refractivity contribution in [1.82, 2.24) is 60.3 Å². The molecule has 3 fully saturated rings. The van der Waals surface area contributed by atoms with E-state index < -0.39 is 78.3 Å². The lowest BCUT2D eigenvalue weighted by Crippen LogP contribution is -2.53. The number of aromatic nitrogens is 3. The number of carboxylic acids is 8. The molecule has 1 unspecified atom stereocenters. The van der Waals surface area contributed by atoms with E-state index in [1.54, 1.807) is 19.6 Å². The summed E-state index contributed by atoms with van der Waals surface area (Å²) in [6, 6.07) is 3.48. The first-order valence-corrected chi connectivity index (χ1v) is 32.8. The smallest absolute Gasteiger partial charge is 0.326 e. The van der Waals surface area contributed by atoms with Crippen LogP contribution in [0, 0.1) is 0 Å². The average Bonchev–Trinajstić information content (AvgIpc) is 0.818. The lowest BCUT2D eigenvalue weighted by molar-refractivity contribution is -0.142. The summed E-state index contributed by atoms with van der Waals surface area (Å²) in [6.45, 7) is 7.77. The molecule has 0 spiro atoms. The number of nitrogens with zero attached hydrogens (tertiary/aromatic N) is 11. The number of benzene rings is 1. The van der Waals surface area contributed by atoms with E-state index >= 15 is 0 Å². The van der Waals surface area contributed by atoms with Gasteiger partial charge in [-0.15, -0.1) is 0 Å². The molecule has 0 saturated carbocycles. The molecule has 3 atom stereocenters. The van der Waals surface area contributed by atoms with Crippen LogP contribution in [0.3, 0.4) is 0 Å². The van der Waals surface area contributed by atoms with Crippen LogP contribution in [0.4, 0.5) is 16.7 Å². The molecule has 3 aliphatic heterocycles. The number of rotatable bonds is 41. The predicted molar refractivity (Wildman–Crippen MR) is 342 cm³/mol. The van der Waals surface area contributed by atoms with Crippen molar-refractivity contribution in [2.24, 2.45) is 0 Å². The molecule has 0 bridgehead atoms. The highest BCUT2D eigenvalue weighted by atomic mass is 16.4. The van der Waals surface area contributed by atoms with Gasteiger partial charge in [-0.1, -0.05) is 62.8 Å². The quantitative estimate of drug-likeness (QED) is 0.0412. The molecule has 32 nitrogen and oxygen atoms in total. The minimum absolute atomic E-state index is 0.0418. The van der Waals surface area contributed by atoms with Gasteiger partial charge in [0.15, 0.2) is 0 Å². The van der Waals surface area contributed by atoms with E-state index in [-0.39, 0.29) is 97.2 Å². The van der Waals surface area contributed by atoms with Crippen LogP contribution >= 0.6 is 0 Å². The van der Waals surface area contributed by atoms with Crippen LogP contribution in [-0.4, -0.2) is 307 Å². The van der Waals surface area contributed by atoms with Gasteiger partial charge in [-0.2, -0.15) is 15.0 Å². The molecule has 3 aliphatic rings. The van der Waals surface area contributed by atoms with E-state index in [1.807, 2.05) is 24.3 Å². The van der Waals surface area contributed by atoms with Crippen LogP contribution in [0.5, 0.6) is 0 Å². The maximum atomic E-state index is 12.4. The summed E-state index contributed by atoms with van der Waals surface area (Å²) in [6.07, 6.45) is 9.93. The minimum Gasteiger partial charge on any atom is -0.481 e. The number of nitrogens with one attached hydrogen (secondary N) is 3. The lowest BCUT2D eigenvalue weighted by atomic mass is 10.0. The van der Waals surface area contributed by atoms with Crippen molar-refractivity contribution in [3.05, 3.63) is 41.2 Å². The molecule has 3 amide bonds. The fourth-order valence-corrected chi connectivity index (χ4v) is 11.8. The van der Waals surface area contributed by atoms with E-state index in [2.05, 4.69) is 35.6 Å². The van der Waals surface area contributed by atoms with Gasteiger partial charge in [0, 0.05) is 136 Å². The van der Waals surface area contributed by atoms with Gasteiger partial charge in [-0.25, -0.2) is 14.4 Å². The Morgan fingerprint density at radius 2 is 0.872 bits per heavy atom. The van der Waals surface area contributed by atoms with Crippen molar-refractivity contribution in [2.75, 3.05) is 154 Å². The van der Waals surface area contributed by atoms with Gasteiger partial charge >= 0.3 is 53.8 Å². The third-order valence-electron chi connectivity index (χ3n) is 17.0. The van der Waals surface area contributed by atoms with Gasteiger partial charge in [-0.3, -0.25) is 63.0 Å². The Balaban J connectivity index is 1.09. The van der Waals surface area contributed by atoms with Crippen LogP contribution in [0.1, 0.15) is 120 Å². The summed E-state index contributed by atoms with van der Waals surface area (Å²) in [5, 5.41) is 83.3. The zero-order valence-electron chi connectivity index (χ0n) is 53.9. The van der Waals surface area contributed by atoms with E-state index in [1.165, 1.54) is 0 Å². The highest BCUT2D eigenvalue weighted by Crippen LogP contribution is 2.22. The normalized spacial score (nSPS) is 17.6. The molecule has 94 heavy (non-hydrogen) atoms. The van der Waals surface area contributed by atoms with Crippen molar-refractivity contribution < 1.29 is 88.8 Å². The van der Waals surface area contributed by atoms with Crippen molar-refractivity contribution in [2.45, 2.75) is 134 Å². The largest absolute Gasteiger partial charge is 0.481 e. The van der Waals surface area contributed by atoms with E-state index in [0.29, 0.717) is 82.4 Å². The molecule has 11 N–H and O–H groups in total. The van der Waals surface area contributed by atoms with Gasteiger partial charge in [-0.05, 0) is 75.6 Å². The Bertz CT molecular complexity index is 2750. The van der Waals surface area contributed by atoms with Gasteiger partial charge in [0.05, 0.1) is 26.2 Å². The Hall–Kier alpha value is -7.91. The van der Waals surface area contributed by atoms with Gasteiger partial charge in [0.25, 0.3) is 0 Å². The monoisotopic (exact) mass is 1330 g/mol. The van der Waals surface area contributed by atoms with Crippen LogP contribution in [0.15, 0.2) is 24.3 Å². The molecule has 3 saturated heterocycles. The maximum absolute atomic E-state index is 12.4. The molecule has 1 aromatic heterocycles. The average molecular weight is 1330 g/mol. The van der Waals surface area contributed by atoms with Gasteiger partial charge < -0.3 is 66.6 Å². The second kappa shape index (κ2) is 41.7. The van der Waals surface area contributed by atoms with Crippen molar-refractivity contribution >= 4 is 71.6 Å². The van der Waals surface area contributed by atoms with E-state index in [9.17, 15) is 83.7 Å². The van der Waals surface area contributed by atoms with E-state index in [0.717, 1.165) is 108 Å². The molecule has 5 rings (SSSR count). The van der Waals surface area contributed by atoms with Crippen LogP contribution in [-0.2, 0) is 56.0 Å². The first-order chi connectivity index (χ1) is 45.0. The Morgan fingerprint density at radius 3 is 1.38 bits per heavy atom. The number of carbonyl (C=O) groups excluding carboxylic acids is 2. The molecule has 4 heterocycles. The van der Waals surface area contributed by atoms with Crippen LogP contribution < -0.4 is 25.8 Å². The SMILES string of the molecule is O=C(O)CCCN1CCN(c2nc(Cc3ccc(CC4CN(CC(=O)O)CCN(CC(=O)O)CCN(CC(=O)O)CCN4CC(=O)O)cc3)nc(N3CCN(CCCCCCCCCCC(=O)NCCCC[C@H](NC(=O)N[C@@H](CCC(=O)O)C(=O)O)C(=O)O)CC3)n2)CC1. The number of hydrogen-bond acceptors (Lipinski definition) is 21. The lowest BCUT2D eigenvalue weighted by Gasteiger charge is -2.37. The topological polar surface area (TPSA) is 433 Å². The summed E-state index contributed by atoms with van der Waals surface area (Å²) >= 11 is 0. The van der Waals surface area contributed by atoms with Gasteiger partial charge in [0.2, 0.25) is 17.8 Å². The summed E-state index contributed by atoms with van der Waals surface area (Å²) in [7, 11) is 0. The number of urea groups is 1. The summed E-state index contributed by atoms with van der Waals surface area (Å²) in [4.78, 5) is 149. The highest BCUT2D eigenvalue weighted by molar-refractivity contribution is 5.86. The van der Waals surface area contributed by atoms with E-state index in [4.69, 9.17) is 20.1 Å². The first-order valence-electron chi connectivity index (χ1n) is 32.8. The summed E-state index contributed by atoms with van der Waals surface area (Å²) in [5.41, 5.74) is 1.76. The summed E-state index contributed by atoms with van der Waals surface area (Å²) in [5.74, 6) is -7.50. The maximum Gasteiger partial charge on any atom is 0.326 e. The first kappa shape index (κ1) is 76.8. The minimum atomic E-state index is -1.50. The van der Waals surface area contributed by atoms with Crippen LogP contribution in [0.25, 0.3) is 0 Å². The zero-order valence-corrected chi connectivity index (χ0v) is 53.9. The summed E-state index contributed by atoms with van der Waals surface area (Å²) < 4.78 is 0. The molecule has 2 aromatic rings. The number of anilines is 2. The molecule has 524 valence electrons. The fourth-order valence-electron chi connectivity index (χ4n) is 11.8. The number of carbonyl (C=O) groups is 10. The number of amides is 3. The number of piperazine rings is 2. The van der Waals surface area contributed by atoms with Gasteiger partial charge in [0.1, 0.15) is 17.9 Å². The van der Waals surface area contributed by atoms with Crippen molar-refractivity contribution in [3.63, 3.8) is 0 Å². The Labute approximate surface area is 547 Å². The van der Waals surface area contributed by atoms with Crippen LogP contribution in [0.2, 0.25) is 0 Å². The molecule has 1 aromatic carbocycles. The number of unbranched alkanes of at least 4 members (excludes halogenated alkanes) is 8. The predicted octanol–water partition coefficient (Wildman–Crippen LogP) is 0.910. The van der Waals surface area contributed by atoms with Crippen molar-refractivity contribution in [3.8, 4) is 0 Å². The zero-order chi connectivity index (χ0) is 68.4. The molecular formula is C62H98N14O18. The Morgan fingerprint density at radius 1 is 0.426 bits per heavy atom. The molecular weight excluding hydrogens is 1230 g/mol. The number of hydrogen-bond donors (Lipinski definition) is 11. The van der Waals surface area contributed by atoms with Crippen molar-refractivity contribution in [1.29, 1.82) is 0 Å². The second-order valence-corrected chi connectivity index (χ2v) is 24.4.